The van der Waals surface area contributed by atoms with Gasteiger partial charge < -0.3 is 9.64 Å². The molecule has 2 aromatic carbocycles. The summed E-state index contributed by atoms with van der Waals surface area (Å²) in [5, 5.41) is 11.1. The number of ketones is 1. The van der Waals surface area contributed by atoms with Gasteiger partial charge in [0.25, 0.3) is 5.69 Å². The van der Waals surface area contributed by atoms with E-state index in [1.165, 1.54) is 30.7 Å². The zero-order valence-corrected chi connectivity index (χ0v) is 16.1. The zero-order valence-electron chi connectivity index (χ0n) is 16.1. The van der Waals surface area contributed by atoms with Crippen LogP contribution in [0.25, 0.3) is 0 Å². The number of nitro groups is 1. The fourth-order valence-corrected chi connectivity index (χ4v) is 3.43. The maximum absolute atomic E-state index is 12.7. The average Bonchev–Trinajstić information content (AvgIpc) is 3.14. The van der Waals surface area contributed by atoms with E-state index in [0.717, 1.165) is 24.8 Å². The number of rotatable bonds is 6. The first-order chi connectivity index (χ1) is 13.3. The first-order valence-corrected chi connectivity index (χ1v) is 9.10. The van der Waals surface area contributed by atoms with Crippen LogP contribution in [-0.4, -0.2) is 36.9 Å². The molecule has 7 nitrogen and oxygen atoms in total. The van der Waals surface area contributed by atoms with Crippen molar-refractivity contribution in [3.05, 3.63) is 68.8 Å². The number of hydrogen-bond donors (Lipinski definition) is 0. The lowest BCUT2D eigenvalue weighted by molar-refractivity contribution is -0.384. The molecule has 0 fully saturated rings. The second-order valence-corrected chi connectivity index (χ2v) is 7.10. The molecule has 0 spiro atoms. The molecule has 7 heteroatoms. The van der Waals surface area contributed by atoms with E-state index in [4.69, 9.17) is 4.74 Å². The Labute approximate surface area is 163 Å². The molecule has 1 aliphatic carbocycles. The van der Waals surface area contributed by atoms with Crippen molar-refractivity contribution >= 4 is 23.1 Å². The number of nitrogens with zero attached hydrogens (tertiary/aromatic N) is 2. The number of carbonyl (C=O) groups excluding carboxylic acids is 2. The molecule has 2 aromatic rings. The third kappa shape index (κ3) is 3.88. The first-order valence-electron chi connectivity index (χ1n) is 9.10. The second kappa shape index (κ2) is 7.80. The van der Waals surface area contributed by atoms with Gasteiger partial charge in [-0.2, -0.15) is 0 Å². The Bertz CT molecular complexity index is 952. The first kappa shape index (κ1) is 19.5. The molecule has 1 atom stereocenters. The van der Waals surface area contributed by atoms with Crippen LogP contribution in [0.3, 0.4) is 0 Å². The smallest absolute Gasteiger partial charge is 0.341 e. The van der Waals surface area contributed by atoms with E-state index in [1.54, 1.807) is 25.1 Å². The minimum absolute atomic E-state index is 0.0489. The maximum Gasteiger partial charge on any atom is 0.341 e. The Morgan fingerprint density at radius 3 is 2.50 bits per heavy atom. The molecule has 0 heterocycles. The summed E-state index contributed by atoms with van der Waals surface area (Å²) >= 11 is 0. The summed E-state index contributed by atoms with van der Waals surface area (Å²) in [5.41, 5.74) is 3.25. The van der Waals surface area contributed by atoms with Gasteiger partial charge in [-0.25, -0.2) is 4.79 Å². The van der Waals surface area contributed by atoms with Gasteiger partial charge in [-0.3, -0.25) is 14.9 Å². The number of anilines is 1. The summed E-state index contributed by atoms with van der Waals surface area (Å²) in [5.74, 6) is -1.06. The number of benzene rings is 2. The molecule has 146 valence electrons. The number of carbonyl (C=O) groups is 2. The lowest BCUT2D eigenvalue weighted by Crippen LogP contribution is -2.25. The van der Waals surface area contributed by atoms with Crippen LogP contribution in [0.1, 0.15) is 45.2 Å². The van der Waals surface area contributed by atoms with Crippen LogP contribution in [0.15, 0.2) is 36.4 Å². The van der Waals surface area contributed by atoms with Crippen LogP contribution < -0.4 is 4.90 Å². The predicted octanol–water partition coefficient (Wildman–Crippen LogP) is 3.58. The summed E-state index contributed by atoms with van der Waals surface area (Å²) in [6.07, 6.45) is 2.05. The molecule has 1 aliphatic rings. The molecular weight excluding hydrogens is 360 g/mol. The van der Waals surface area contributed by atoms with Gasteiger partial charge in [0, 0.05) is 31.8 Å². The third-order valence-electron chi connectivity index (χ3n) is 4.93. The summed E-state index contributed by atoms with van der Waals surface area (Å²) in [4.78, 5) is 37.5. The van der Waals surface area contributed by atoms with Crippen molar-refractivity contribution in [1.29, 1.82) is 0 Å². The number of esters is 1. The molecule has 0 radical (unpaired) electrons. The Morgan fingerprint density at radius 1 is 1.11 bits per heavy atom. The lowest BCUT2D eigenvalue weighted by Gasteiger charge is -2.18. The molecule has 0 unspecified atom stereocenters. The Balaban J connectivity index is 1.81. The highest BCUT2D eigenvalue weighted by Gasteiger charge is 2.25. The summed E-state index contributed by atoms with van der Waals surface area (Å²) in [6, 6.07) is 9.56. The van der Waals surface area contributed by atoms with Gasteiger partial charge in [-0.15, -0.1) is 0 Å². The fourth-order valence-electron chi connectivity index (χ4n) is 3.43. The van der Waals surface area contributed by atoms with Crippen LogP contribution in [0.2, 0.25) is 0 Å². The number of aryl methyl sites for hydroxylation is 2. The van der Waals surface area contributed by atoms with Crippen molar-refractivity contribution in [1.82, 2.24) is 0 Å². The molecule has 0 aromatic heterocycles. The average molecular weight is 382 g/mol. The van der Waals surface area contributed by atoms with Crippen LogP contribution in [0.5, 0.6) is 0 Å². The minimum Gasteiger partial charge on any atom is -0.451 e. The highest BCUT2D eigenvalue weighted by Crippen LogP contribution is 2.26. The standard InChI is InChI=1S/C21H22N2O5/c1-13(20(24)16-8-7-14-5-4-6-15(14)11-16)28-21(25)18-12-17(23(26)27)9-10-19(18)22(2)3/h7-13H,4-6H2,1-3H3/t13-/m0/s1. The molecule has 0 saturated carbocycles. The number of hydrogen-bond acceptors (Lipinski definition) is 6. The van der Waals surface area contributed by atoms with E-state index in [2.05, 4.69) is 0 Å². The van der Waals surface area contributed by atoms with Gasteiger partial charge in [0.1, 0.15) is 0 Å². The number of fused-ring (bicyclic) bond motifs is 1. The highest BCUT2D eigenvalue weighted by atomic mass is 16.6. The Kier molecular flexibility index (Phi) is 5.44. The van der Waals surface area contributed by atoms with E-state index in [0.29, 0.717) is 11.3 Å². The topological polar surface area (TPSA) is 89.8 Å². The molecule has 0 aliphatic heterocycles. The van der Waals surface area contributed by atoms with Crippen molar-refractivity contribution in [2.24, 2.45) is 0 Å². The highest BCUT2D eigenvalue weighted by molar-refractivity contribution is 6.03. The quantitative estimate of drug-likeness (QED) is 0.328. The SMILES string of the molecule is C[C@H](OC(=O)c1cc([N+](=O)[O-])ccc1N(C)C)C(=O)c1ccc2c(c1)CCC2. The molecular formula is C21H22N2O5. The second-order valence-electron chi connectivity index (χ2n) is 7.10. The maximum atomic E-state index is 12.7. The van der Waals surface area contributed by atoms with E-state index >= 15 is 0 Å². The number of Topliss-reactive ketones (excluding diaryl/α,β-unsaturated/α-hetero) is 1. The van der Waals surface area contributed by atoms with Crippen LogP contribution in [-0.2, 0) is 17.6 Å². The Hall–Kier alpha value is -3.22. The summed E-state index contributed by atoms with van der Waals surface area (Å²) in [6.45, 7) is 1.51. The van der Waals surface area contributed by atoms with Gasteiger partial charge >= 0.3 is 5.97 Å². The van der Waals surface area contributed by atoms with Gasteiger partial charge in [0.15, 0.2) is 6.10 Å². The molecule has 28 heavy (non-hydrogen) atoms. The van der Waals surface area contributed by atoms with Gasteiger partial charge in [0.05, 0.1) is 16.2 Å². The molecule has 0 bridgehead atoms. The van der Waals surface area contributed by atoms with Gasteiger partial charge in [-0.05, 0) is 49.4 Å². The summed E-state index contributed by atoms with van der Waals surface area (Å²) in [7, 11) is 3.44. The minimum atomic E-state index is -0.999. The molecule has 0 amide bonds. The van der Waals surface area contributed by atoms with Gasteiger partial charge in [0.2, 0.25) is 5.78 Å². The zero-order chi connectivity index (χ0) is 20.4. The van der Waals surface area contributed by atoms with E-state index in [1.807, 2.05) is 12.1 Å². The Morgan fingerprint density at radius 2 is 1.82 bits per heavy atom. The van der Waals surface area contributed by atoms with E-state index < -0.39 is 17.0 Å². The van der Waals surface area contributed by atoms with Crippen molar-refractivity contribution in [2.75, 3.05) is 19.0 Å². The largest absolute Gasteiger partial charge is 0.451 e. The monoisotopic (exact) mass is 382 g/mol. The third-order valence-corrected chi connectivity index (χ3v) is 4.93. The van der Waals surface area contributed by atoms with Crippen molar-refractivity contribution in [2.45, 2.75) is 32.3 Å². The number of ether oxygens (including phenoxy) is 1. The number of non-ortho nitro benzene ring substituents is 1. The van der Waals surface area contributed by atoms with Crippen molar-refractivity contribution < 1.29 is 19.2 Å². The predicted molar refractivity (Wildman–Crippen MR) is 105 cm³/mol. The van der Waals surface area contributed by atoms with E-state index in [-0.39, 0.29) is 17.0 Å². The van der Waals surface area contributed by atoms with Crippen LogP contribution in [0, 0.1) is 10.1 Å². The van der Waals surface area contributed by atoms with Crippen molar-refractivity contribution in [3.8, 4) is 0 Å². The van der Waals surface area contributed by atoms with Crippen molar-refractivity contribution in [3.63, 3.8) is 0 Å². The van der Waals surface area contributed by atoms with Crippen LogP contribution in [0.4, 0.5) is 11.4 Å². The normalized spacial score (nSPS) is 13.5. The molecule has 0 saturated heterocycles. The summed E-state index contributed by atoms with van der Waals surface area (Å²) < 4.78 is 5.36. The fraction of sp³-hybridized carbons (Fsp3) is 0.333. The molecule has 3 rings (SSSR count). The molecule has 0 N–H and O–H groups in total. The van der Waals surface area contributed by atoms with E-state index in [9.17, 15) is 19.7 Å². The number of nitro benzene ring substituents is 1. The van der Waals surface area contributed by atoms with Crippen LogP contribution >= 0.6 is 0 Å². The lowest BCUT2D eigenvalue weighted by atomic mass is 10.0. The van der Waals surface area contributed by atoms with Gasteiger partial charge in [-0.1, -0.05) is 12.1 Å².